The van der Waals surface area contributed by atoms with Crippen LogP contribution in [0.4, 0.5) is 10.2 Å². The molecule has 1 atom stereocenters. The van der Waals surface area contributed by atoms with Crippen molar-refractivity contribution in [1.29, 1.82) is 0 Å². The number of nitrogens with one attached hydrogen (secondary N) is 1. The van der Waals surface area contributed by atoms with E-state index < -0.39 is 20.7 Å². The van der Waals surface area contributed by atoms with E-state index in [4.69, 9.17) is 27.9 Å². The van der Waals surface area contributed by atoms with E-state index in [-0.39, 0.29) is 29.1 Å². The third-order valence-corrected chi connectivity index (χ3v) is 7.63. The number of sulfonamides is 1. The molecule has 0 radical (unpaired) electrons. The second-order valence-electron chi connectivity index (χ2n) is 7.30. The molecule has 4 rings (SSSR count). The lowest BCUT2D eigenvalue weighted by Gasteiger charge is -2.25. The molecule has 1 aliphatic carbocycles. The smallest absolute Gasteiger partial charge is 0.266 e. The molecule has 0 amide bonds. The summed E-state index contributed by atoms with van der Waals surface area (Å²) in [5, 5.41) is 2.18. The lowest BCUT2D eigenvalue weighted by Crippen LogP contribution is -2.18. The fourth-order valence-electron chi connectivity index (χ4n) is 3.59. The molecule has 1 aromatic heterocycles. The van der Waals surface area contributed by atoms with Crippen LogP contribution in [0, 0.1) is 11.7 Å². The molecule has 168 valence electrons. The van der Waals surface area contributed by atoms with E-state index in [9.17, 15) is 12.8 Å². The van der Waals surface area contributed by atoms with Gasteiger partial charge in [-0.05, 0) is 48.6 Å². The summed E-state index contributed by atoms with van der Waals surface area (Å²) >= 11 is 13.5. The van der Waals surface area contributed by atoms with Gasteiger partial charge < -0.3 is 4.74 Å². The lowest BCUT2D eigenvalue weighted by atomic mass is 9.84. The fourth-order valence-corrected chi connectivity index (χ4v) is 5.64. The molecule has 1 heterocycles. The minimum Gasteiger partial charge on any atom is -0.491 e. The standard InChI is InChI=1S/C22H19Cl2FN2O3S2/c23-16-7-5-14(6-8-16)17-4-2-1-3-15(17)11-30-20-10-19(25)21(9-18(20)24)32(28,29)27-22-12-31-13-26-22/h4-10,12-13,15,27H,1-3,11H2. The van der Waals surface area contributed by atoms with E-state index in [2.05, 4.69) is 15.8 Å². The van der Waals surface area contributed by atoms with E-state index >= 15 is 0 Å². The summed E-state index contributed by atoms with van der Waals surface area (Å²) in [5.74, 6) is -0.648. The molecule has 0 saturated heterocycles. The maximum atomic E-state index is 14.7. The molecule has 1 aliphatic rings. The Kier molecular flexibility index (Phi) is 7.05. The molecule has 0 saturated carbocycles. The minimum atomic E-state index is -4.18. The molecular weight excluding hydrogens is 494 g/mol. The molecular formula is C22H19Cl2FN2O3S2. The predicted octanol–water partition coefficient (Wildman–Crippen LogP) is 6.65. The normalized spacial score (nSPS) is 16.5. The largest absolute Gasteiger partial charge is 0.491 e. The van der Waals surface area contributed by atoms with Gasteiger partial charge in [0.1, 0.15) is 16.5 Å². The van der Waals surface area contributed by atoms with Crippen LogP contribution in [0.2, 0.25) is 10.0 Å². The summed E-state index contributed by atoms with van der Waals surface area (Å²) in [6.07, 6.45) is 5.09. The van der Waals surface area contributed by atoms with Crippen molar-refractivity contribution in [3.05, 3.63) is 74.8 Å². The first-order valence-corrected chi connectivity index (χ1v) is 13.0. The van der Waals surface area contributed by atoms with E-state index in [0.29, 0.717) is 5.02 Å². The Bertz CT molecular complexity index is 1230. The number of benzene rings is 2. The summed E-state index contributed by atoms with van der Waals surface area (Å²) in [7, 11) is -4.18. The first-order valence-electron chi connectivity index (χ1n) is 9.82. The van der Waals surface area contributed by atoms with E-state index in [1.807, 2.05) is 24.3 Å². The highest BCUT2D eigenvalue weighted by Crippen LogP contribution is 2.36. The van der Waals surface area contributed by atoms with Gasteiger partial charge in [0.05, 0.1) is 17.1 Å². The Morgan fingerprint density at radius 1 is 1.22 bits per heavy atom. The van der Waals surface area contributed by atoms with Crippen LogP contribution in [0.5, 0.6) is 5.75 Å². The Hall–Kier alpha value is -2.13. The van der Waals surface area contributed by atoms with Gasteiger partial charge in [0.2, 0.25) is 0 Å². The van der Waals surface area contributed by atoms with Crippen molar-refractivity contribution in [3.63, 3.8) is 0 Å². The van der Waals surface area contributed by atoms with Crippen molar-refractivity contribution in [2.24, 2.45) is 5.92 Å². The van der Waals surface area contributed by atoms with Gasteiger partial charge in [-0.15, -0.1) is 11.3 Å². The first kappa shape index (κ1) is 23.0. The van der Waals surface area contributed by atoms with Crippen molar-refractivity contribution in [2.75, 3.05) is 11.3 Å². The van der Waals surface area contributed by atoms with Gasteiger partial charge in [-0.25, -0.2) is 17.8 Å². The number of hydrogen-bond acceptors (Lipinski definition) is 5. The summed E-state index contributed by atoms with van der Waals surface area (Å²) in [5.41, 5.74) is 3.68. The summed E-state index contributed by atoms with van der Waals surface area (Å²) < 4.78 is 47.8. The summed E-state index contributed by atoms with van der Waals surface area (Å²) in [6, 6.07) is 9.68. The Morgan fingerprint density at radius 3 is 2.72 bits per heavy atom. The molecule has 1 N–H and O–H groups in total. The molecule has 3 aromatic rings. The van der Waals surface area contributed by atoms with Gasteiger partial charge in [0.25, 0.3) is 10.0 Å². The van der Waals surface area contributed by atoms with E-state index in [1.165, 1.54) is 22.2 Å². The van der Waals surface area contributed by atoms with Gasteiger partial charge in [0, 0.05) is 22.4 Å². The molecule has 10 heteroatoms. The van der Waals surface area contributed by atoms with Crippen LogP contribution in [0.3, 0.4) is 0 Å². The van der Waals surface area contributed by atoms with Crippen molar-refractivity contribution >= 4 is 56.0 Å². The zero-order chi connectivity index (χ0) is 22.7. The van der Waals surface area contributed by atoms with E-state index in [1.54, 1.807) is 0 Å². The van der Waals surface area contributed by atoms with Crippen LogP contribution in [0.25, 0.3) is 5.57 Å². The number of rotatable bonds is 7. The Labute approximate surface area is 199 Å². The molecule has 0 aliphatic heterocycles. The Balaban J connectivity index is 1.51. The number of nitrogens with zero attached hydrogens (tertiary/aromatic N) is 1. The minimum absolute atomic E-state index is 0.0119. The molecule has 0 bridgehead atoms. The number of thiazole rings is 1. The molecule has 2 aromatic carbocycles. The van der Waals surface area contributed by atoms with Crippen molar-refractivity contribution in [3.8, 4) is 5.75 Å². The van der Waals surface area contributed by atoms with Crippen LogP contribution >= 0.6 is 34.5 Å². The highest BCUT2D eigenvalue weighted by atomic mass is 35.5. The van der Waals surface area contributed by atoms with Gasteiger partial charge in [-0.1, -0.05) is 41.4 Å². The van der Waals surface area contributed by atoms with E-state index in [0.717, 1.165) is 42.5 Å². The maximum Gasteiger partial charge on any atom is 0.266 e. The van der Waals surface area contributed by atoms with Gasteiger partial charge in [-0.3, -0.25) is 4.72 Å². The average Bonchev–Trinajstić information content (AvgIpc) is 3.27. The highest BCUT2D eigenvalue weighted by Gasteiger charge is 2.24. The second kappa shape index (κ2) is 9.79. The third kappa shape index (κ3) is 5.26. The molecule has 1 unspecified atom stereocenters. The SMILES string of the molecule is O=S(=O)(Nc1cscn1)c1cc(Cl)c(OCC2CCCC=C2c2ccc(Cl)cc2)cc1F. The van der Waals surface area contributed by atoms with Gasteiger partial charge in [0.15, 0.2) is 5.82 Å². The Morgan fingerprint density at radius 2 is 2.00 bits per heavy atom. The monoisotopic (exact) mass is 512 g/mol. The number of ether oxygens (including phenoxy) is 1. The third-order valence-electron chi connectivity index (χ3n) is 5.13. The van der Waals surface area contributed by atoms with Crippen LogP contribution in [0.15, 0.2) is 58.3 Å². The number of hydrogen-bond donors (Lipinski definition) is 1. The predicted molar refractivity (Wildman–Crippen MR) is 127 cm³/mol. The first-order chi connectivity index (χ1) is 15.3. The number of halogens is 3. The topological polar surface area (TPSA) is 68.3 Å². The molecule has 5 nitrogen and oxygen atoms in total. The van der Waals surface area contributed by atoms with Crippen LogP contribution in [-0.4, -0.2) is 20.0 Å². The highest BCUT2D eigenvalue weighted by molar-refractivity contribution is 7.92. The van der Waals surface area contributed by atoms with Crippen LogP contribution in [-0.2, 0) is 10.0 Å². The van der Waals surface area contributed by atoms with Crippen molar-refractivity contribution in [2.45, 2.75) is 24.2 Å². The molecule has 0 fully saturated rings. The summed E-state index contributed by atoms with van der Waals surface area (Å²) in [4.78, 5) is 3.28. The van der Waals surface area contributed by atoms with Crippen molar-refractivity contribution in [1.82, 2.24) is 4.98 Å². The summed E-state index contributed by atoms with van der Waals surface area (Å²) in [6.45, 7) is 0.288. The average molecular weight is 513 g/mol. The maximum absolute atomic E-state index is 14.7. The lowest BCUT2D eigenvalue weighted by molar-refractivity contribution is 0.267. The zero-order valence-corrected chi connectivity index (χ0v) is 19.9. The number of aromatic nitrogens is 1. The van der Waals surface area contributed by atoms with Crippen LogP contribution < -0.4 is 9.46 Å². The van der Waals surface area contributed by atoms with Gasteiger partial charge in [-0.2, -0.15) is 0 Å². The van der Waals surface area contributed by atoms with Crippen LogP contribution in [0.1, 0.15) is 24.8 Å². The molecule has 32 heavy (non-hydrogen) atoms. The molecule has 0 spiro atoms. The van der Waals surface area contributed by atoms with Crippen molar-refractivity contribution < 1.29 is 17.5 Å². The number of allylic oxidation sites excluding steroid dienone is 1. The zero-order valence-electron chi connectivity index (χ0n) is 16.7. The second-order valence-corrected chi connectivity index (χ2v) is 10.5. The van der Waals surface area contributed by atoms with Gasteiger partial charge >= 0.3 is 0 Å². The fraction of sp³-hybridized carbons (Fsp3) is 0.227. The quantitative estimate of drug-likeness (QED) is 0.384. The number of anilines is 1.